The van der Waals surface area contributed by atoms with Gasteiger partial charge in [0.1, 0.15) is 5.82 Å². The molecule has 29 heavy (non-hydrogen) atoms. The van der Waals surface area contributed by atoms with E-state index in [2.05, 4.69) is 15.1 Å². The Hall–Kier alpha value is -2.14. The summed E-state index contributed by atoms with van der Waals surface area (Å²) in [4.78, 5) is 3.17. The van der Waals surface area contributed by atoms with Gasteiger partial charge in [-0.05, 0) is 49.1 Å². The highest BCUT2D eigenvalue weighted by Gasteiger charge is 2.30. The lowest BCUT2D eigenvalue weighted by molar-refractivity contribution is 0.193. The summed E-state index contributed by atoms with van der Waals surface area (Å²) in [7, 11) is -3.65. The number of thiophene rings is 1. The van der Waals surface area contributed by atoms with Crippen LogP contribution in [0.1, 0.15) is 25.3 Å². The van der Waals surface area contributed by atoms with Crippen LogP contribution < -0.4 is 0 Å². The van der Waals surface area contributed by atoms with Gasteiger partial charge < -0.3 is 4.42 Å². The average molecular weight is 437 g/mol. The van der Waals surface area contributed by atoms with E-state index < -0.39 is 15.8 Å². The molecule has 1 aliphatic rings. The van der Waals surface area contributed by atoms with Gasteiger partial charge in [0.05, 0.1) is 15.8 Å². The second-order valence-corrected chi connectivity index (χ2v) is 9.73. The number of hydrogen-bond donors (Lipinski definition) is 0. The van der Waals surface area contributed by atoms with Gasteiger partial charge in [-0.3, -0.25) is 4.90 Å². The van der Waals surface area contributed by atoms with Crippen LogP contribution in [-0.2, 0) is 10.0 Å². The van der Waals surface area contributed by atoms with Crippen molar-refractivity contribution < 1.29 is 17.2 Å². The fourth-order valence-corrected chi connectivity index (χ4v) is 5.47. The van der Waals surface area contributed by atoms with Crippen molar-refractivity contribution in [3.63, 3.8) is 0 Å². The van der Waals surface area contributed by atoms with Crippen molar-refractivity contribution in [3.8, 4) is 10.8 Å². The molecule has 0 amide bonds. The van der Waals surface area contributed by atoms with E-state index in [9.17, 15) is 12.8 Å². The molecule has 0 saturated carbocycles. The number of aromatic nitrogens is 2. The number of benzene rings is 1. The molecule has 154 valence electrons. The number of halogens is 1. The Kier molecular flexibility index (Phi) is 5.77. The van der Waals surface area contributed by atoms with E-state index in [1.165, 1.54) is 39.9 Å². The van der Waals surface area contributed by atoms with Crippen LogP contribution in [0.2, 0.25) is 0 Å². The summed E-state index contributed by atoms with van der Waals surface area (Å²) in [5.41, 5.74) is 0. The number of sulfonamides is 1. The predicted molar refractivity (Wildman–Crippen MR) is 107 cm³/mol. The molecule has 1 aliphatic heterocycles. The minimum atomic E-state index is -3.65. The molecular formula is C19H21FN4O3S2. The third-order valence-corrected chi connectivity index (χ3v) is 7.79. The van der Waals surface area contributed by atoms with Gasteiger partial charge in [-0.25, -0.2) is 12.8 Å². The highest BCUT2D eigenvalue weighted by molar-refractivity contribution is 7.89. The summed E-state index contributed by atoms with van der Waals surface area (Å²) >= 11 is 1.54. The fraction of sp³-hybridized carbons (Fsp3) is 0.368. The first kappa shape index (κ1) is 20.1. The predicted octanol–water partition coefficient (Wildman–Crippen LogP) is 3.39. The monoisotopic (exact) mass is 436 g/mol. The molecule has 0 radical (unpaired) electrons. The van der Waals surface area contributed by atoms with Gasteiger partial charge in [-0.1, -0.05) is 6.07 Å². The molecule has 1 atom stereocenters. The van der Waals surface area contributed by atoms with Crippen LogP contribution in [0, 0.1) is 5.82 Å². The van der Waals surface area contributed by atoms with E-state index in [1.807, 2.05) is 24.4 Å². The van der Waals surface area contributed by atoms with Crippen LogP contribution in [0.25, 0.3) is 10.8 Å². The molecular weight excluding hydrogens is 415 g/mol. The summed E-state index contributed by atoms with van der Waals surface area (Å²) < 4.78 is 46.2. The lowest BCUT2D eigenvalue weighted by Gasteiger charge is -2.25. The number of hydrogen-bond acceptors (Lipinski definition) is 7. The van der Waals surface area contributed by atoms with Crippen LogP contribution >= 0.6 is 11.3 Å². The van der Waals surface area contributed by atoms with Crippen molar-refractivity contribution in [1.82, 2.24) is 19.4 Å². The third kappa shape index (κ3) is 4.25. The summed E-state index contributed by atoms with van der Waals surface area (Å²) in [5.74, 6) is 0.557. The van der Waals surface area contributed by atoms with Crippen molar-refractivity contribution in [2.75, 3.05) is 26.2 Å². The van der Waals surface area contributed by atoms with Crippen LogP contribution in [0.15, 0.2) is 51.1 Å². The first-order valence-electron chi connectivity index (χ1n) is 9.32. The van der Waals surface area contributed by atoms with E-state index in [4.69, 9.17) is 4.42 Å². The standard InChI is InChI=1S/C19H21FN4O3S2/c1-14(18-21-22-19(27-18)17-4-2-13-28-17)23-9-3-10-24(12-11-23)29(25,26)16-7-5-15(20)6-8-16/h2,4-8,13-14H,3,9-12H2,1H3. The molecule has 2 aromatic heterocycles. The van der Waals surface area contributed by atoms with E-state index >= 15 is 0 Å². The first-order chi connectivity index (χ1) is 13.9. The van der Waals surface area contributed by atoms with Crippen molar-refractivity contribution in [2.45, 2.75) is 24.3 Å². The summed E-state index contributed by atoms with van der Waals surface area (Å²) in [6.07, 6.45) is 0.677. The quantitative estimate of drug-likeness (QED) is 0.610. The molecule has 1 saturated heterocycles. The highest BCUT2D eigenvalue weighted by atomic mass is 32.2. The molecule has 0 N–H and O–H groups in total. The topological polar surface area (TPSA) is 79.5 Å². The largest absolute Gasteiger partial charge is 0.418 e. The molecule has 10 heteroatoms. The Morgan fingerprint density at radius 3 is 2.62 bits per heavy atom. The number of rotatable bonds is 5. The Morgan fingerprint density at radius 1 is 1.10 bits per heavy atom. The summed E-state index contributed by atoms with van der Waals surface area (Å²) in [6, 6.07) is 8.68. The third-order valence-electron chi connectivity index (χ3n) is 5.02. The van der Waals surface area contributed by atoms with Crippen molar-refractivity contribution >= 4 is 21.4 Å². The molecule has 0 spiro atoms. The molecule has 3 aromatic rings. The van der Waals surface area contributed by atoms with Crippen LogP contribution in [0.4, 0.5) is 4.39 Å². The van der Waals surface area contributed by atoms with Gasteiger partial charge in [0.25, 0.3) is 5.89 Å². The van der Waals surface area contributed by atoms with Crippen LogP contribution in [0.3, 0.4) is 0 Å². The van der Waals surface area contributed by atoms with Crippen molar-refractivity contribution in [1.29, 1.82) is 0 Å². The molecule has 7 nitrogen and oxygen atoms in total. The van der Waals surface area contributed by atoms with E-state index in [0.717, 1.165) is 4.88 Å². The number of nitrogens with zero attached hydrogens (tertiary/aromatic N) is 4. The van der Waals surface area contributed by atoms with E-state index in [1.54, 1.807) is 0 Å². The minimum absolute atomic E-state index is 0.109. The zero-order valence-corrected chi connectivity index (χ0v) is 17.5. The Labute approximate surface area is 172 Å². The maximum Gasteiger partial charge on any atom is 0.257 e. The Bertz CT molecular complexity index is 1050. The van der Waals surface area contributed by atoms with Gasteiger partial charge >= 0.3 is 0 Å². The van der Waals surface area contributed by atoms with E-state index in [-0.39, 0.29) is 10.9 Å². The SMILES string of the molecule is CC(c1nnc(-c2cccs2)o1)N1CCCN(S(=O)(=O)c2ccc(F)cc2)CC1. The molecule has 3 heterocycles. The Balaban J connectivity index is 1.45. The van der Waals surface area contributed by atoms with Crippen LogP contribution in [-0.4, -0.2) is 54.0 Å². The normalized spacial score (nSPS) is 17.9. The maximum absolute atomic E-state index is 13.1. The minimum Gasteiger partial charge on any atom is -0.418 e. The van der Waals surface area contributed by atoms with Gasteiger partial charge in [0, 0.05) is 26.2 Å². The maximum atomic E-state index is 13.1. The van der Waals surface area contributed by atoms with Crippen molar-refractivity contribution in [2.24, 2.45) is 0 Å². The fourth-order valence-electron chi connectivity index (χ4n) is 3.36. The van der Waals surface area contributed by atoms with Gasteiger partial charge in [0.2, 0.25) is 15.9 Å². The molecule has 1 aromatic carbocycles. The zero-order chi connectivity index (χ0) is 20.4. The second kappa shape index (κ2) is 8.31. The molecule has 1 fully saturated rings. The summed E-state index contributed by atoms with van der Waals surface area (Å²) in [5, 5.41) is 10.3. The lowest BCUT2D eigenvalue weighted by atomic mass is 10.2. The average Bonchev–Trinajstić information content (AvgIpc) is 3.35. The molecule has 0 bridgehead atoms. The molecule has 1 unspecified atom stereocenters. The smallest absolute Gasteiger partial charge is 0.257 e. The van der Waals surface area contributed by atoms with Gasteiger partial charge in [-0.2, -0.15) is 4.31 Å². The first-order valence-corrected chi connectivity index (χ1v) is 11.6. The second-order valence-electron chi connectivity index (χ2n) is 6.85. The van der Waals surface area contributed by atoms with Crippen molar-refractivity contribution in [3.05, 3.63) is 53.5 Å². The van der Waals surface area contributed by atoms with Gasteiger partial charge in [0.15, 0.2) is 0 Å². The zero-order valence-electron chi connectivity index (χ0n) is 15.9. The highest BCUT2D eigenvalue weighted by Crippen LogP contribution is 2.28. The van der Waals surface area contributed by atoms with E-state index in [0.29, 0.717) is 44.4 Å². The summed E-state index contributed by atoms with van der Waals surface area (Å²) in [6.45, 7) is 3.99. The molecule has 0 aliphatic carbocycles. The molecule has 4 rings (SSSR count). The lowest BCUT2D eigenvalue weighted by Crippen LogP contribution is -2.36. The van der Waals surface area contributed by atoms with Crippen LogP contribution in [0.5, 0.6) is 0 Å². The van der Waals surface area contributed by atoms with Gasteiger partial charge in [-0.15, -0.1) is 21.5 Å². The Morgan fingerprint density at radius 2 is 1.90 bits per heavy atom.